The second-order valence-corrected chi connectivity index (χ2v) is 6.03. The van der Waals surface area contributed by atoms with Gasteiger partial charge in [0.25, 0.3) is 0 Å². The molecule has 0 saturated heterocycles. The molecule has 2 amide bonds. The minimum Gasteiger partial charge on any atom is -0.481 e. The van der Waals surface area contributed by atoms with Gasteiger partial charge in [-0.3, -0.25) is 14.4 Å². The van der Waals surface area contributed by atoms with Crippen molar-refractivity contribution in [3.63, 3.8) is 0 Å². The topological polar surface area (TPSA) is 86.7 Å². The molecule has 1 aromatic carbocycles. The van der Waals surface area contributed by atoms with Gasteiger partial charge in [0.2, 0.25) is 11.8 Å². The molecule has 1 rings (SSSR count). The van der Waals surface area contributed by atoms with Gasteiger partial charge in [-0.1, -0.05) is 37.3 Å². The summed E-state index contributed by atoms with van der Waals surface area (Å²) in [4.78, 5) is 36.8. The molecule has 0 heterocycles. The van der Waals surface area contributed by atoms with Crippen LogP contribution in [-0.2, 0) is 19.8 Å². The fraction of sp³-hybridized carbons (Fsp3) is 0.500. The van der Waals surface area contributed by atoms with Crippen molar-refractivity contribution in [1.29, 1.82) is 0 Å². The largest absolute Gasteiger partial charge is 0.481 e. The minimum atomic E-state index is -1.14. The number of carboxylic acid groups (broad SMARTS) is 1. The summed E-state index contributed by atoms with van der Waals surface area (Å²) in [5.74, 6) is -1.23. The number of carbonyl (C=O) groups excluding carboxylic acids is 2. The van der Waals surface area contributed by atoms with Crippen molar-refractivity contribution in [3.8, 4) is 0 Å². The number of benzene rings is 1. The maximum atomic E-state index is 12.0. The van der Waals surface area contributed by atoms with E-state index in [1.165, 1.54) is 4.90 Å². The lowest BCUT2D eigenvalue weighted by Crippen LogP contribution is -2.46. The number of nitrogens with one attached hydrogen (secondary N) is 1. The molecule has 1 atom stereocenters. The van der Waals surface area contributed by atoms with Crippen molar-refractivity contribution in [3.05, 3.63) is 35.9 Å². The first-order valence-corrected chi connectivity index (χ1v) is 8.09. The van der Waals surface area contributed by atoms with Crippen LogP contribution >= 0.6 is 0 Å². The van der Waals surface area contributed by atoms with Crippen LogP contribution in [-0.4, -0.2) is 48.4 Å². The van der Waals surface area contributed by atoms with E-state index in [0.717, 1.165) is 0 Å². The van der Waals surface area contributed by atoms with Gasteiger partial charge in [-0.05, 0) is 18.4 Å². The third-order valence-corrected chi connectivity index (χ3v) is 4.22. The summed E-state index contributed by atoms with van der Waals surface area (Å²) in [6, 6.07) is 8.93. The first-order chi connectivity index (χ1) is 11.3. The molecule has 1 unspecified atom stereocenters. The van der Waals surface area contributed by atoms with E-state index < -0.39 is 11.4 Å². The van der Waals surface area contributed by atoms with Gasteiger partial charge in [0.05, 0.1) is 0 Å². The quantitative estimate of drug-likeness (QED) is 0.721. The number of nitrogens with zero attached hydrogens (tertiary/aromatic N) is 1. The van der Waals surface area contributed by atoms with Gasteiger partial charge in [0.1, 0.15) is 5.41 Å². The van der Waals surface area contributed by atoms with Crippen LogP contribution in [0.2, 0.25) is 0 Å². The maximum Gasteiger partial charge on any atom is 0.315 e. The van der Waals surface area contributed by atoms with Crippen LogP contribution in [0.25, 0.3) is 0 Å². The SMILES string of the molecule is CCC(CNC(=O)CCCC(=O)N(C)C)(C(=O)O)c1ccccc1. The van der Waals surface area contributed by atoms with Crippen molar-refractivity contribution in [2.24, 2.45) is 0 Å². The van der Waals surface area contributed by atoms with Gasteiger partial charge >= 0.3 is 5.97 Å². The van der Waals surface area contributed by atoms with Crippen LogP contribution in [0.4, 0.5) is 0 Å². The summed E-state index contributed by atoms with van der Waals surface area (Å²) in [5, 5.41) is 12.4. The number of aliphatic carboxylic acids is 1. The predicted octanol–water partition coefficient (Wildman–Crippen LogP) is 1.79. The van der Waals surface area contributed by atoms with E-state index in [0.29, 0.717) is 24.8 Å². The van der Waals surface area contributed by atoms with Crippen LogP contribution < -0.4 is 5.32 Å². The second-order valence-electron chi connectivity index (χ2n) is 6.03. The first-order valence-electron chi connectivity index (χ1n) is 8.09. The van der Waals surface area contributed by atoms with E-state index in [4.69, 9.17) is 0 Å². The molecule has 6 nitrogen and oxygen atoms in total. The molecule has 0 spiro atoms. The molecule has 0 bridgehead atoms. The highest BCUT2D eigenvalue weighted by Crippen LogP contribution is 2.27. The number of rotatable bonds is 9. The Morgan fingerprint density at radius 1 is 1.12 bits per heavy atom. The maximum absolute atomic E-state index is 12.0. The molecule has 0 aliphatic heterocycles. The molecular formula is C18H26N2O4. The van der Waals surface area contributed by atoms with Gasteiger partial charge in [0.15, 0.2) is 0 Å². The van der Waals surface area contributed by atoms with Crippen LogP contribution in [0.5, 0.6) is 0 Å². The zero-order valence-electron chi connectivity index (χ0n) is 14.5. The number of amides is 2. The van der Waals surface area contributed by atoms with Crippen LogP contribution in [0.3, 0.4) is 0 Å². The summed E-state index contributed by atoms with van der Waals surface area (Å²) in [6.07, 6.45) is 1.32. The Kier molecular flexibility index (Phi) is 7.42. The average molecular weight is 334 g/mol. The van der Waals surface area contributed by atoms with Gasteiger partial charge in [-0.2, -0.15) is 0 Å². The first kappa shape index (κ1) is 19.7. The Bertz CT molecular complexity index is 572. The molecule has 132 valence electrons. The van der Waals surface area contributed by atoms with Crippen LogP contribution in [0.15, 0.2) is 30.3 Å². The number of carbonyl (C=O) groups is 3. The van der Waals surface area contributed by atoms with E-state index in [9.17, 15) is 19.5 Å². The molecule has 0 aromatic heterocycles. The number of hydrogen-bond acceptors (Lipinski definition) is 3. The monoisotopic (exact) mass is 334 g/mol. The van der Waals surface area contributed by atoms with E-state index in [-0.39, 0.29) is 24.8 Å². The highest BCUT2D eigenvalue weighted by Gasteiger charge is 2.38. The van der Waals surface area contributed by atoms with Crippen molar-refractivity contribution in [2.75, 3.05) is 20.6 Å². The van der Waals surface area contributed by atoms with E-state index in [1.807, 2.05) is 6.07 Å². The Morgan fingerprint density at radius 3 is 2.25 bits per heavy atom. The molecule has 0 aliphatic rings. The van der Waals surface area contributed by atoms with E-state index in [2.05, 4.69) is 5.32 Å². The Balaban J connectivity index is 2.65. The third kappa shape index (κ3) is 5.08. The van der Waals surface area contributed by atoms with Gasteiger partial charge in [0, 0.05) is 33.5 Å². The fourth-order valence-corrected chi connectivity index (χ4v) is 2.50. The molecule has 0 aliphatic carbocycles. The lowest BCUT2D eigenvalue weighted by molar-refractivity contribution is -0.144. The highest BCUT2D eigenvalue weighted by molar-refractivity contribution is 5.84. The summed E-state index contributed by atoms with van der Waals surface area (Å²) < 4.78 is 0. The molecule has 0 fully saturated rings. The predicted molar refractivity (Wildman–Crippen MR) is 91.6 cm³/mol. The highest BCUT2D eigenvalue weighted by atomic mass is 16.4. The van der Waals surface area contributed by atoms with E-state index >= 15 is 0 Å². The average Bonchev–Trinajstić information content (AvgIpc) is 2.56. The number of carboxylic acids is 1. The van der Waals surface area contributed by atoms with E-state index in [1.54, 1.807) is 45.3 Å². The molecular weight excluding hydrogens is 308 g/mol. The summed E-state index contributed by atoms with van der Waals surface area (Å²) in [5.41, 5.74) is -0.473. The van der Waals surface area contributed by atoms with Crippen molar-refractivity contribution in [1.82, 2.24) is 10.2 Å². The van der Waals surface area contributed by atoms with Crippen molar-refractivity contribution < 1.29 is 19.5 Å². The summed E-state index contributed by atoms with van der Waals surface area (Å²) in [6.45, 7) is 1.83. The summed E-state index contributed by atoms with van der Waals surface area (Å²) in [7, 11) is 3.34. The van der Waals surface area contributed by atoms with Crippen molar-refractivity contribution >= 4 is 17.8 Å². The third-order valence-electron chi connectivity index (χ3n) is 4.22. The Hall–Kier alpha value is -2.37. The molecule has 24 heavy (non-hydrogen) atoms. The standard InChI is InChI=1S/C18H26N2O4/c1-4-18(17(23)24,14-9-6-5-7-10-14)13-19-15(21)11-8-12-16(22)20(2)3/h5-7,9-10H,4,8,11-13H2,1-3H3,(H,19,21)(H,23,24). The molecule has 2 N–H and O–H groups in total. The lowest BCUT2D eigenvalue weighted by atomic mass is 9.78. The van der Waals surface area contributed by atoms with Gasteiger partial charge in [-0.15, -0.1) is 0 Å². The Morgan fingerprint density at radius 2 is 1.75 bits per heavy atom. The lowest BCUT2D eigenvalue weighted by Gasteiger charge is -2.29. The smallest absolute Gasteiger partial charge is 0.315 e. The minimum absolute atomic E-state index is 0.0273. The second kappa shape index (κ2) is 9.05. The van der Waals surface area contributed by atoms with Gasteiger partial charge < -0.3 is 15.3 Å². The van der Waals surface area contributed by atoms with Crippen LogP contribution in [0.1, 0.15) is 38.2 Å². The zero-order chi connectivity index (χ0) is 18.2. The molecule has 1 aromatic rings. The molecule has 0 saturated carbocycles. The molecule has 0 radical (unpaired) electrons. The summed E-state index contributed by atoms with van der Waals surface area (Å²) >= 11 is 0. The Labute approximate surface area is 142 Å². The van der Waals surface area contributed by atoms with Crippen LogP contribution in [0, 0.1) is 0 Å². The fourth-order valence-electron chi connectivity index (χ4n) is 2.50. The van der Waals surface area contributed by atoms with Gasteiger partial charge in [-0.25, -0.2) is 0 Å². The van der Waals surface area contributed by atoms with Crippen molar-refractivity contribution in [2.45, 2.75) is 38.0 Å². The molecule has 6 heteroatoms. The normalized spacial score (nSPS) is 13.0. The number of hydrogen-bond donors (Lipinski definition) is 2. The zero-order valence-corrected chi connectivity index (χ0v) is 14.5.